The topological polar surface area (TPSA) is 101 Å². The van der Waals surface area contributed by atoms with E-state index in [1.165, 1.54) is 18.2 Å². The van der Waals surface area contributed by atoms with Crippen molar-refractivity contribution in [2.75, 3.05) is 18.4 Å². The molecule has 23 heavy (non-hydrogen) atoms. The van der Waals surface area contributed by atoms with Gasteiger partial charge in [0.2, 0.25) is 10.0 Å². The van der Waals surface area contributed by atoms with E-state index in [2.05, 4.69) is 26.0 Å². The number of halogens is 1. The molecule has 0 aliphatic heterocycles. The number of non-ortho nitro benzene ring substituents is 1. The Kier molecular flexibility index (Phi) is 5.69. The number of nitro benzene ring substituents is 1. The molecular weight excluding hydrogens is 386 g/mol. The van der Waals surface area contributed by atoms with Gasteiger partial charge in [-0.05, 0) is 40.2 Å². The highest BCUT2D eigenvalue weighted by atomic mass is 79.9. The van der Waals surface area contributed by atoms with Crippen LogP contribution in [-0.4, -0.2) is 26.4 Å². The van der Waals surface area contributed by atoms with E-state index in [1.807, 2.05) is 0 Å². The van der Waals surface area contributed by atoms with Crippen LogP contribution in [0.1, 0.15) is 0 Å². The first-order valence-corrected chi connectivity index (χ1v) is 8.90. The molecule has 0 saturated carbocycles. The molecule has 9 heteroatoms. The summed E-state index contributed by atoms with van der Waals surface area (Å²) in [6.45, 7) is 0.530. The van der Waals surface area contributed by atoms with Gasteiger partial charge in [-0.1, -0.05) is 12.1 Å². The number of anilines is 1. The monoisotopic (exact) mass is 399 g/mol. The van der Waals surface area contributed by atoms with Gasteiger partial charge in [-0.3, -0.25) is 10.1 Å². The van der Waals surface area contributed by atoms with Gasteiger partial charge in [-0.25, -0.2) is 13.1 Å². The summed E-state index contributed by atoms with van der Waals surface area (Å²) in [6.07, 6.45) is 0. The highest BCUT2D eigenvalue weighted by Crippen LogP contribution is 2.20. The molecule has 7 nitrogen and oxygen atoms in total. The zero-order chi connectivity index (χ0) is 16.9. The Labute approximate surface area is 142 Å². The van der Waals surface area contributed by atoms with Crippen molar-refractivity contribution in [3.63, 3.8) is 0 Å². The van der Waals surface area contributed by atoms with Crippen LogP contribution in [0.4, 0.5) is 11.4 Å². The van der Waals surface area contributed by atoms with E-state index in [-0.39, 0.29) is 17.1 Å². The number of nitro groups is 1. The van der Waals surface area contributed by atoms with Crippen molar-refractivity contribution in [3.8, 4) is 0 Å². The Balaban J connectivity index is 1.87. The van der Waals surface area contributed by atoms with E-state index in [1.54, 1.807) is 30.3 Å². The van der Waals surface area contributed by atoms with Crippen LogP contribution in [0.15, 0.2) is 57.9 Å². The second-order valence-electron chi connectivity index (χ2n) is 4.56. The Hall–Kier alpha value is -1.97. The molecule has 0 aliphatic rings. The fourth-order valence-corrected chi connectivity index (χ4v) is 3.87. The van der Waals surface area contributed by atoms with Gasteiger partial charge in [0.25, 0.3) is 5.69 Å². The SMILES string of the molecule is O=[N+]([O-])c1ccc(NCCNS(=O)(=O)c2ccccc2Br)cc1. The van der Waals surface area contributed by atoms with E-state index in [0.29, 0.717) is 16.7 Å². The summed E-state index contributed by atoms with van der Waals surface area (Å²) < 4.78 is 27.3. The lowest BCUT2D eigenvalue weighted by molar-refractivity contribution is -0.384. The zero-order valence-electron chi connectivity index (χ0n) is 11.9. The van der Waals surface area contributed by atoms with E-state index in [4.69, 9.17) is 0 Å². The van der Waals surface area contributed by atoms with Gasteiger partial charge in [0, 0.05) is 35.4 Å². The number of nitrogens with one attached hydrogen (secondary N) is 2. The average Bonchev–Trinajstić information content (AvgIpc) is 2.52. The van der Waals surface area contributed by atoms with Gasteiger partial charge in [-0.2, -0.15) is 0 Å². The quantitative estimate of drug-likeness (QED) is 0.423. The fourth-order valence-electron chi connectivity index (χ4n) is 1.83. The van der Waals surface area contributed by atoms with Crippen LogP contribution in [-0.2, 0) is 10.0 Å². The molecule has 0 heterocycles. The maximum absolute atomic E-state index is 12.1. The second-order valence-corrected chi connectivity index (χ2v) is 7.15. The molecule has 0 fully saturated rings. The smallest absolute Gasteiger partial charge is 0.269 e. The summed E-state index contributed by atoms with van der Waals surface area (Å²) in [7, 11) is -3.59. The van der Waals surface area contributed by atoms with E-state index >= 15 is 0 Å². The van der Waals surface area contributed by atoms with Gasteiger partial charge in [0.15, 0.2) is 0 Å². The van der Waals surface area contributed by atoms with Crippen LogP contribution in [0.5, 0.6) is 0 Å². The lowest BCUT2D eigenvalue weighted by Crippen LogP contribution is -2.29. The molecule has 0 saturated heterocycles. The summed E-state index contributed by atoms with van der Waals surface area (Å²) in [5.41, 5.74) is 0.681. The minimum atomic E-state index is -3.59. The first-order valence-electron chi connectivity index (χ1n) is 6.63. The maximum atomic E-state index is 12.1. The molecule has 0 bridgehead atoms. The van der Waals surface area contributed by atoms with Crippen molar-refractivity contribution < 1.29 is 13.3 Å². The Morgan fingerprint density at radius 1 is 1.04 bits per heavy atom. The molecule has 0 radical (unpaired) electrons. The molecule has 2 aromatic rings. The third-order valence-corrected chi connectivity index (χ3v) is 5.42. The predicted octanol–water partition coefficient (Wildman–Crippen LogP) is 2.75. The normalized spacial score (nSPS) is 11.2. The van der Waals surface area contributed by atoms with Crippen LogP contribution >= 0.6 is 15.9 Å². The van der Waals surface area contributed by atoms with Crippen LogP contribution < -0.4 is 10.0 Å². The summed E-state index contributed by atoms with van der Waals surface area (Å²) in [5.74, 6) is 0. The lowest BCUT2D eigenvalue weighted by atomic mass is 10.3. The third-order valence-electron chi connectivity index (χ3n) is 2.95. The van der Waals surface area contributed by atoms with Gasteiger partial charge in [0.1, 0.15) is 0 Å². The second kappa shape index (κ2) is 7.53. The summed E-state index contributed by atoms with van der Waals surface area (Å²) in [4.78, 5) is 10.2. The number of hydrogen-bond donors (Lipinski definition) is 2. The maximum Gasteiger partial charge on any atom is 0.269 e. The molecule has 2 rings (SSSR count). The Morgan fingerprint density at radius 2 is 1.70 bits per heavy atom. The third kappa shape index (κ3) is 4.75. The first-order chi connectivity index (χ1) is 10.9. The summed E-state index contributed by atoms with van der Waals surface area (Å²) in [6, 6.07) is 12.5. The fraction of sp³-hybridized carbons (Fsp3) is 0.143. The van der Waals surface area contributed by atoms with Crippen molar-refractivity contribution in [1.29, 1.82) is 0 Å². The highest BCUT2D eigenvalue weighted by Gasteiger charge is 2.16. The van der Waals surface area contributed by atoms with Crippen molar-refractivity contribution in [2.24, 2.45) is 0 Å². The van der Waals surface area contributed by atoms with Crippen molar-refractivity contribution in [1.82, 2.24) is 4.72 Å². The molecule has 2 N–H and O–H groups in total. The van der Waals surface area contributed by atoms with Gasteiger partial charge in [0.05, 0.1) is 9.82 Å². The minimum Gasteiger partial charge on any atom is -0.384 e. The summed E-state index contributed by atoms with van der Waals surface area (Å²) in [5, 5.41) is 13.5. The molecule has 0 unspecified atom stereocenters. The van der Waals surface area contributed by atoms with Crippen LogP contribution in [0, 0.1) is 10.1 Å². The lowest BCUT2D eigenvalue weighted by Gasteiger charge is -2.09. The molecular formula is C14H14BrN3O4S. The van der Waals surface area contributed by atoms with E-state index in [0.717, 1.165) is 0 Å². The van der Waals surface area contributed by atoms with Crippen molar-refractivity contribution in [3.05, 3.63) is 63.1 Å². The van der Waals surface area contributed by atoms with Gasteiger partial charge < -0.3 is 5.32 Å². The van der Waals surface area contributed by atoms with E-state index in [9.17, 15) is 18.5 Å². The highest BCUT2D eigenvalue weighted by molar-refractivity contribution is 9.10. The Bertz CT molecular complexity index is 794. The van der Waals surface area contributed by atoms with Gasteiger partial charge >= 0.3 is 0 Å². The van der Waals surface area contributed by atoms with E-state index < -0.39 is 14.9 Å². The minimum absolute atomic E-state index is 0.00480. The van der Waals surface area contributed by atoms with Gasteiger partial charge in [-0.15, -0.1) is 0 Å². The predicted molar refractivity (Wildman–Crippen MR) is 90.9 cm³/mol. The number of nitrogens with zero attached hydrogens (tertiary/aromatic N) is 1. The number of sulfonamides is 1. The molecule has 122 valence electrons. The zero-order valence-corrected chi connectivity index (χ0v) is 14.3. The summed E-state index contributed by atoms with van der Waals surface area (Å²) >= 11 is 3.21. The average molecular weight is 400 g/mol. The molecule has 0 atom stereocenters. The molecule has 0 aliphatic carbocycles. The van der Waals surface area contributed by atoms with Crippen LogP contribution in [0.3, 0.4) is 0 Å². The number of benzene rings is 2. The standard InChI is InChI=1S/C14H14BrN3O4S/c15-13-3-1-2-4-14(13)23(21,22)17-10-9-16-11-5-7-12(8-6-11)18(19)20/h1-8,16-17H,9-10H2. The molecule has 0 spiro atoms. The largest absolute Gasteiger partial charge is 0.384 e. The number of rotatable bonds is 7. The first kappa shape index (κ1) is 17.4. The molecule has 0 amide bonds. The van der Waals surface area contributed by atoms with Crippen molar-refractivity contribution >= 4 is 37.3 Å². The Morgan fingerprint density at radius 3 is 2.30 bits per heavy atom. The van der Waals surface area contributed by atoms with Crippen LogP contribution in [0.25, 0.3) is 0 Å². The molecule has 2 aromatic carbocycles. The van der Waals surface area contributed by atoms with Crippen LogP contribution in [0.2, 0.25) is 0 Å². The van der Waals surface area contributed by atoms with Crippen molar-refractivity contribution in [2.45, 2.75) is 4.90 Å². The molecule has 0 aromatic heterocycles. The number of hydrogen-bond acceptors (Lipinski definition) is 5.